The summed E-state index contributed by atoms with van der Waals surface area (Å²) >= 11 is 1.29. The molecule has 1 aliphatic heterocycles. The van der Waals surface area contributed by atoms with E-state index >= 15 is 0 Å². The van der Waals surface area contributed by atoms with E-state index in [0.29, 0.717) is 17.4 Å². The number of aryl methyl sites for hydroxylation is 1. The molecule has 1 saturated carbocycles. The molecule has 2 fully saturated rings. The summed E-state index contributed by atoms with van der Waals surface area (Å²) in [7, 11) is -3.01. The topological polar surface area (TPSA) is 96.0 Å². The predicted octanol–water partition coefficient (Wildman–Crippen LogP) is 2.30. The Morgan fingerprint density at radius 1 is 1.21 bits per heavy atom. The Morgan fingerprint density at radius 2 is 1.96 bits per heavy atom. The summed E-state index contributed by atoms with van der Waals surface area (Å²) in [6.07, 6.45) is 3.46. The number of carbonyl (C=O) groups is 1. The van der Waals surface area contributed by atoms with Crippen LogP contribution in [0.3, 0.4) is 0 Å². The zero-order valence-corrected chi connectivity index (χ0v) is 17.4. The Bertz CT molecular complexity index is 952. The lowest BCUT2D eigenvalue weighted by Gasteiger charge is -2.28. The molecule has 2 heterocycles. The Labute approximate surface area is 169 Å². The van der Waals surface area contributed by atoms with Gasteiger partial charge in [0.2, 0.25) is 11.1 Å². The summed E-state index contributed by atoms with van der Waals surface area (Å²) < 4.78 is 23.6. The first-order valence-corrected chi connectivity index (χ1v) is 12.4. The molecule has 1 saturated heterocycles. The zero-order valence-electron chi connectivity index (χ0n) is 15.8. The molecule has 1 N–H and O–H groups in total. The maximum absolute atomic E-state index is 12.8. The Morgan fingerprint density at radius 3 is 2.57 bits per heavy atom. The number of hydrogen-bond donors (Lipinski definition) is 1. The predicted molar refractivity (Wildman–Crippen MR) is 109 cm³/mol. The monoisotopic (exact) mass is 420 g/mol. The first-order valence-electron chi connectivity index (χ1n) is 9.61. The highest BCUT2D eigenvalue weighted by atomic mass is 32.2. The van der Waals surface area contributed by atoms with Gasteiger partial charge < -0.3 is 4.90 Å². The van der Waals surface area contributed by atoms with Gasteiger partial charge in [0.15, 0.2) is 15.7 Å². The van der Waals surface area contributed by atoms with Crippen molar-refractivity contribution in [2.45, 2.75) is 49.8 Å². The van der Waals surface area contributed by atoms with Gasteiger partial charge in [-0.1, -0.05) is 43.0 Å². The maximum Gasteiger partial charge on any atom is 0.233 e. The van der Waals surface area contributed by atoms with Crippen LogP contribution >= 0.6 is 11.8 Å². The molecule has 1 amide bonds. The van der Waals surface area contributed by atoms with Crippen LogP contribution in [0.25, 0.3) is 11.4 Å². The minimum atomic E-state index is -3.01. The van der Waals surface area contributed by atoms with Crippen LogP contribution in [0.1, 0.15) is 31.7 Å². The van der Waals surface area contributed by atoms with Crippen molar-refractivity contribution >= 4 is 27.5 Å². The molecule has 150 valence electrons. The van der Waals surface area contributed by atoms with Crippen LogP contribution in [0.4, 0.5) is 0 Å². The van der Waals surface area contributed by atoms with E-state index in [1.165, 1.54) is 17.3 Å². The zero-order chi connectivity index (χ0) is 19.7. The second-order valence-electron chi connectivity index (χ2n) is 7.39. The van der Waals surface area contributed by atoms with Crippen molar-refractivity contribution in [3.05, 3.63) is 29.8 Å². The average molecular weight is 421 g/mol. The molecule has 1 aromatic heterocycles. The highest BCUT2D eigenvalue weighted by Crippen LogP contribution is 2.33. The number of benzene rings is 1. The van der Waals surface area contributed by atoms with E-state index in [-0.39, 0.29) is 35.2 Å². The van der Waals surface area contributed by atoms with E-state index in [1.807, 2.05) is 17.0 Å². The number of amides is 1. The lowest BCUT2D eigenvalue weighted by molar-refractivity contribution is -0.130. The van der Waals surface area contributed by atoms with Gasteiger partial charge in [-0.15, -0.1) is 5.10 Å². The number of nitrogens with zero attached hydrogens (tertiary/aromatic N) is 3. The Balaban J connectivity index is 1.38. The number of aromatic nitrogens is 3. The molecular weight excluding hydrogens is 396 g/mol. The highest BCUT2D eigenvalue weighted by molar-refractivity contribution is 7.99. The lowest BCUT2D eigenvalue weighted by atomic mass is 10.1. The van der Waals surface area contributed by atoms with Gasteiger partial charge in [-0.2, -0.15) is 0 Å². The molecule has 1 aliphatic carbocycles. The fourth-order valence-corrected chi connectivity index (χ4v) is 5.97. The van der Waals surface area contributed by atoms with Gasteiger partial charge in [-0.25, -0.2) is 13.4 Å². The van der Waals surface area contributed by atoms with Gasteiger partial charge in [0.05, 0.1) is 17.3 Å². The molecule has 28 heavy (non-hydrogen) atoms. The van der Waals surface area contributed by atoms with E-state index in [4.69, 9.17) is 0 Å². The van der Waals surface area contributed by atoms with Crippen LogP contribution in [-0.2, 0) is 21.1 Å². The summed E-state index contributed by atoms with van der Waals surface area (Å²) in [6.45, 7) is 2.11. The van der Waals surface area contributed by atoms with Crippen molar-refractivity contribution in [3.8, 4) is 11.4 Å². The molecule has 2 aromatic rings. The second kappa shape index (κ2) is 7.87. The van der Waals surface area contributed by atoms with E-state index in [1.54, 1.807) is 0 Å². The largest absolute Gasteiger partial charge is 0.335 e. The van der Waals surface area contributed by atoms with Gasteiger partial charge in [-0.3, -0.25) is 9.89 Å². The number of rotatable bonds is 7. The number of aromatic amines is 1. The lowest BCUT2D eigenvalue weighted by Crippen LogP contribution is -2.43. The fraction of sp³-hybridized carbons (Fsp3) is 0.526. The van der Waals surface area contributed by atoms with Gasteiger partial charge in [0.1, 0.15) is 0 Å². The van der Waals surface area contributed by atoms with Crippen molar-refractivity contribution in [2.24, 2.45) is 0 Å². The Kier molecular flexibility index (Phi) is 5.46. The molecule has 0 unspecified atom stereocenters. The van der Waals surface area contributed by atoms with Gasteiger partial charge in [0, 0.05) is 17.6 Å². The van der Waals surface area contributed by atoms with E-state index in [2.05, 4.69) is 34.2 Å². The van der Waals surface area contributed by atoms with Crippen LogP contribution in [0.15, 0.2) is 29.4 Å². The molecule has 4 rings (SSSR count). The number of nitrogens with one attached hydrogen (secondary N) is 1. The number of carbonyl (C=O) groups excluding carboxylic acids is 1. The van der Waals surface area contributed by atoms with Crippen LogP contribution in [0.5, 0.6) is 0 Å². The quantitative estimate of drug-likeness (QED) is 0.691. The van der Waals surface area contributed by atoms with Crippen molar-refractivity contribution in [1.29, 1.82) is 0 Å². The minimum Gasteiger partial charge on any atom is -0.335 e. The second-order valence-corrected chi connectivity index (χ2v) is 10.6. The van der Waals surface area contributed by atoms with E-state index in [0.717, 1.165) is 24.8 Å². The molecule has 9 heteroatoms. The number of hydrogen-bond acceptors (Lipinski definition) is 6. The molecule has 1 atom stereocenters. The van der Waals surface area contributed by atoms with E-state index < -0.39 is 9.84 Å². The molecule has 7 nitrogen and oxygen atoms in total. The standard InChI is InChI=1S/C19H24N4O3S2/c1-2-13-3-5-14(6-4-13)18-20-19(22-21-18)27-11-17(24)23(15-7-8-15)16-9-10-28(25,26)12-16/h3-6,15-16H,2,7-12H2,1H3,(H,20,21,22)/t16-/m1/s1. The van der Waals surface area contributed by atoms with Crippen molar-refractivity contribution in [2.75, 3.05) is 17.3 Å². The van der Waals surface area contributed by atoms with Crippen LogP contribution in [-0.4, -0.2) is 63.7 Å². The molecule has 0 spiro atoms. The maximum atomic E-state index is 12.8. The van der Waals surface area contributed by atoms with Crippen LogP contribution < -0.4 is 0 Å². The summed E-state index contributed by atoms with van der Waals surface area (Å²) in [5.41, 5.74) is 2.22. The first kappa shape index (κ1) is 19.4. The van der Waals surface area contributed by atoms with Crippen molar-refractivity contribution in [1.82, 2.24) is 20.1 Å². The molecule has 2 aliphatic rings. The summed E-state index contributed by atoms with van der Waals surface area (Å²) in [5.74, 6) is 1.16. The summed E-state index contributed by atoms with van der Waals surface area (Å²) in [6, 6.07) is 8.17. The number of H-pyrrole nitrogens is 1. The van der Waals surface area contributed by atoms with Crippen molar-refractivity contribution < 1.29 is 13.2 Å². The third-order valence-corrected chi connectivity index (χ3v) is 7.84. The van der Waals surface area contributed by atoms with E-state index in [9.17, 15) is 13.2 Å². The molecule has 0 bridgehead atoms. The third-order valence-electron chi connectivity index (χ3n) is 5.26. The van der Waals surface area contributed by atoms with Crippen LogP contribution in [0.2, 0.25) is 0 Å². The average Bonchev–Trinajstić information content (AvgIpc) is 3.28. The third kappa shape index (κ3) is 4.41. The van der Waals surface area contributed by atoms with Gasteiger partial charge >= 0.3 is 0 Å². The van der Waals surface area contributed by atoms with Gasteiger partial charge in [0.25, 0.3) is 0 Å². The van der Waals surface area contributed by atoms with Crippen molar-refractivity contribution in [3.63, 3.8) is 0 Å². The van der Waals surface area contributed by atoms with Crippen LogP contribution in [0, 0.1) is 0 Å². The smallest absolute Gasteiger partial charge is 0.233 e. The molecule has 0 radical (unpaired) electrons. The molecule has 1 aromatic carbocycles. The summed E-state index contributed by atoms with van der Waals surface area (Å²) in [4.78, 5) is 19.1. The number of thioether (sulfide) groups is 1. The SMILES string of the molecule is CCc1ccc(-c2nc(SCC(=O)N(C3CC3)[C@@H]3CCS(=O)(=O)C3)n[nH]2)cc1. The first-order chi connectivity index (χ1) is 13.4. The van der Waals surface area contributed by atoms with Gasteiger partial charge in [-0.05, 0) is 31.2 Å². The highest BCUT2D eigenvalue weighted by Gasteiger charge is 2.41. The minimum absolute atomic E-state index is 0.0201. The number of sulfone groups is 1. The fourth-order valence-electron chi connectivity index (χ4n) is 3.59. The normalized spacial score (nSPS) is 21.0. The molecular formula is C19H24N4O3S2. The summed E-state index contributed by atoms with van der Waals surface area (Å²) in [5, 5.41) is 7.66. The Hall–Kier alpha value is -1.87.